The molecule has 1 aliphatic heterocycles. The van der Waals surface area contributed by atoms with Gasteiger partial charge >= 0.3 is 0 Å². The second-order valence-corrected chi connectivity index (χ2v) is 5.84. The van der Waals surface area contributed by atoms with Crippen molar-refractivity contribution in [1.82, 2.24) is 14.8 Å². The number of nitrogens with zero attached hydrogens (tertiary/aromatic N) is 2. The third-order valence-corrected chi connectivity index (χ3v) is 4.20. The average molecular weight is 257 g/mol. The normalized spacial score (nSPS) is 21.4. The SMILES string of the molecule is CC(C)n1ccc2ccc(C3CNCCN3C)cc21. The van der Waals surface area contributed by atoms with Crippen molar-refractivity contribution in [3.63, 3.8) is 0 Å². The molecule has 3 rings (SSSR count). The van der Waals surface area contributed by atoms with Gasteiger partial charge in [0.1, 0.15) is 0 Å². The summed E-state index contributed by atoms with van der Waals surface area (Å²) in [5.74, 6) is 0. The predicted octanol–water partition coefficient (Wildman–Crippen LogP) is 2.80. The van der Waals surface area contributed by atoms with Crippen LogP contribution < -0.4 is 5.32 Å². The van der Waals surface area contributed by atoms with Crippen molar-refractivity contribution in [3.8, 4) is 0 Å². The van der Waals surface area contributed by atoms with E-state index in [1.165, 1.54) is 16.5 Å². The first-order valence-corrected chi connectivity index (χ1v) is 7.18. The van der Waals surface area contributed by atoms with Crippen molar-refractivity contribution in [3.05, 3.63) is 36.0 Å². The van der Waals surface area contributed by atoms with E-state index in [1.54, 1.807) is 0 Å². The molecule has 0 aliphatic carbocycles. The lowest BCUT2D eigenvalue weighted by atomic mass is 10.0. The molecule has 19 heavy (non-hydrogen) atoms. The van der Waals surface area contributed by atoms with Crippen molar-refractivity contribution >= 4 is 10.9 Å². The van der Waals surface area contributed by atoms with E-state index in [0.717, 1.165) is 19.6 Å². The van der Waals surface area contributed by atoms with Crippen LogP contribution in [0.4, 0.5) is 0 Å². The molecule has 102 valence electrons. The van der Waals surface area contributed by atoms with Gasteiger partial charge in [0.2, 0.25) is 0 Å². The third-order valence-electron chi connectivity index (χ3n) is 4.20. The Bertz CT molecular complexity index is 570. The van der Waals surface area contributed by atoms with Gasteiger partial charge in [0.05, 0.1) is 0 Å². The molecule has 1 N–H and O–H groups in total. The van der Waals surface area contributed by atoms with E-state index in [1.807, 2.05) is 0 Å². The van der Waals surface area contributed by atoms with E-state index in [9.17, 15) is 0 Å². The van der Waals surface area contributed by atoms with E-state index >= 15 is 0 Å². The number of aromatic nitrogens is 1. The number of rotatable bonds is 2. The minimum Gasteiger partial charge on any atom is -0.345 e. The van der Waals surface area contributed by atoms with Gasteiger partial charge in [-0.05, 0) is 44.0 Å². The van der Waals surface area contributed by atoms with Crippen molar-refractivity contribution in [2.75, 3.05) is 26.7 Å². The molecule has 0 saturated carbocycles. The minimum atomic E-state index is 0.494. The summed E-state index contributed by atoms with van der Waals surface area (Å²) < 4.78 is 2.36. The van der Waals surface area contributed by atoms with Gasteiger partial charge in [-0.2, -0.15) is 0 Å². The highest BCUT2D eigenvalue weighted by Gasteiger charge is 2.20. The highest BCUT2D eigenvalue weighted by molar-refractivity contribution is 5.81. The maximum absolute atomic E-state index is 3.49. The Hall–Kier alpha value is -1.32. The quantitative estimate of drug-likeness (QED) is 0.892. The van der Waals surface area contributed by atoms with Crippen molar-refractivity contribution in [1.29, 1.82) is 0 Å². The van der Waals surface area contributed by atoms with Gasteiger partial charge < -0.3 is 9.88 Å². The summed E-state index contributed by atoms with van der Waals surface area (Å²) in [6, 6.07) is 10.1. The molecule has 1 fully saturated rings. The summed E-state index contributed by atoms with van der Waals surface area (Å²) in [6.45, 7) is 7.73. The van der Waals surface area contributed by atoms with Crippen LogP contribution in [0.25, 0.3) is 10.9 Å². The number of fused-ring (bicyclic) bond motifs is 1. The zero-order chi connectivity index (χ0) is 13.4. The molecule has 3 nitrogen and oxygen atoms in total. The number of piperazine rings is 1. The zero-order valence-corrected chi connectivity index (χ0v) is 12.1. The first kappa shape index (κ1) is 12.7. The maximum atomic E-state index is 3.49. The Labute approximate surface area is 115 Å². The van der Waals surface area contributed by atoms with Crippen LogP contribution in [0.15, 0.2) is 30.5 Å². The van der Waals surface area contributed by atoms with Gasteiger partial charge in [0, 0.05) is 43.4 Å². The fraction of sp³-hybridized carbons (Fsp3) is 0.500. The van der Waals surface area contributed by atoms with E-state index in [4.69, 9.17) is 0 Å². The number of hydrogen-bond acceptors (Lipinski definition) is 2. The fourth-order valence-electron chi connectivity index (χ4n) is 3.00. The number of likely N-dealkylation sites (N-methyl/N-ethyl adjacent to an activating group) is 1. The standard InChI is InChI=1S/C16H23N3/c1-12(2)19-8-6-13-4-5-14(10-15(13)19)16-11-17-7-9-18(16)3/h4-6,8,10,12,16-17H,7,9,11H2,1-3H3. The van der Waals surface area contributed by atoms with E-state index < -0.39 is 0 Å². The maximum Gasteiger partial charge on any atom is 0.0486 e. The minimum absolute atomic E-state index is 0.494. The Kier molecular flexibility index (Phi) is 3.33. The summed E-state index contributed by atoms with van der Waals surface area (Å²) in [5.41, 5.74) is 2.77. The third kappa shape index (κ3) is 2.28. The first-order chi connectivity index (χ1) is 9.16. The second-order valence-electron chi connectivity index (χ2n) is 5.84. The molecular weight excluding hydrogens is 234 g/mol. The largest absolute Gasteiger partial charge is 0.345 e. The first-order valence-electron chi connectivity index (χ1n) is 7.18. The van der Waals surface area contributed by atoms with Crippen LogP contribution in [0.3, 0.4) is 0 Å². The van der Waals surface area contributed by atoms with Crippen LogP contribution >= 0.6 is 0 Å². The predicted molar refractivity (Wildman–Crippen MR) is 80.6 cm³/mol. The van der Waals surface area contributed by atoms with Crippen molar-refractivity contribution in [2.24, 2.45) is 0 Å². The highest BCUT2D eigenvalue weighted by Crippen LogP contribution is 2.27. The second kappa shape index (κ2) is 4.99. The fourth-order valence-corrected chi connectivity index (χ4v) is 3.00. The Morgan fingerprint density at radius 3 is 2.84 bits per heavy atom. The lowest BCUT2D eigenvalue weighted by Crippen LogP contribution is -2.43. The molecule has 2 heterocycles. The van der Waals surface area contributed by atoms with Gasteiger partial charge in [-0.25, -0.2) is 0 Å². The molecule has 1 saturated heterocycles. The summed E-state index contributed by atoms with van der Waals surface area (Å²) in [5, 5.41) is 4.83. The topological polar surface area (TPSA) is 20.2 Å². The molecule has 1 atom stereocenters. The van der Waals surface area contributed by atoms with Crippen molar-refractivity contribution < 1.29 is 0 Å². The summed E-state index contributed by atoms with van der Waals surface area (Å²) in [4.78, 5) is 2.44. The van der Waals surface area contributed by atoms with E-state index in [0.29, 0.717) is 12.1 Å². The summed E-state index contributed by atoms with van der Waals surface area (Å²) >= 11 is 0. The number of nitrogens with one attached hydrogen (secondary N) is 1. The number of hydrogen-bond donors (Lipinski definition) is 1. The number of benzene rings is 1. The molecule has 1 unspecified atom stereocenters. The molecule has 0 spiro atoms. The zero-order valence-electron chi connectivity index (χ0n) is 12.1. The Morgan fingerprint density at radius 1 is 1.26 bits per heavy atom. The lowest BCUT2D eigenvalue weighted by Gasteiger charge is -2.33. The van der Waals surface area contributed by atoms with Crippen LogP contribution in [0, 0.1) is 0 Å². The average Bonchev–Trinajstić information content (AvgIpc) is 2.82. The van der Waals surface area contributed by atoms with Crippen LogP contribution in [0.5, 0.6) is 0 Å². The molecule has 0 radical (unpaired) electrons. The van der Waals surface area contributed by atoms with Crippen molar-refractivity contribution in [2.45, 2.75) is 25.9 Å². The van der Waals surface area contributed by atoms with Gasteiger partial charge in [-0.1, -0.05) is 12.1 Å². The Balaban J connectivity index is 2.02. The summed E-state index contributed by atoms with van der Waals surface area (Å²) in [6.07, 6.45) is 2.20. The van der Waals surface area contributed by atoms with Crippen LogP contribution in [0.1, 0.15) is 31.5 Å². The highest BCUT2D eigenvalue weighted by atomic mass is 15.2. The molecule has 0 amide bonds. The molecule has 0 bridgehead atoms. The Morgan fingerprint density at radius 2 is 2.11 bits per heavy atom. The lowest BCUT2D eigenvalue weighted by molar-refractivity contribution is 0.202. The van der Waals surface area contributed by atoms with Gasteiger partial charge in [-0.15, -0.1) is 0 Å². The van der Waals surface area contributed by atoms with Crippen LogP contribution in [0.2, 0.25) is 0 Å². The van der Waals surface area contributed by atoms with Gasteiger partial charge in [0.25, 0.3) is 0 Å². The molecule has 1 aromatic carbocycles. The summed E-state index contributed by atoms with van der Waals surface area (Å²) in [7, 11) is 2.22. The molecular formula is C16H23N3. The molecule has 1 aliphatic rings. The van der Waals surface area contributed by atoms with Crippen LogP contribution in [-0.2, 0) is 0 Å². The van der Waals surface area contributed by atoms with Gasteiger partial charge in [-0.3, -0.25) is 4.90 Å². The van der Waals surface area contributed by atoms with E-state index in [-0.39, 0.29) is 0 Å². The monoisotopic (exact) mass is 257 g/mol. The molecule has 3 heteroatoms. The van der Waals surface area contributed by atoms with Crippen LogP contribution in [-0.4, -0.2) is 36.1 Å². The molecule has 1 aromatic heterocycles. The smallest absolute Gasteiger partial charge is 0.0486 e. The molecule has 2 aromatic rings. The van der Waals surface area contributed by atoms with Gasteiger partial charge in [0.15, 0.2) is 0 Å². The van der Waals surface area contributed by atoms with E-state index in [2.05, 4.69) is 66.1 Å².